The second-order valence-corrected chi connectivity index (χ2v) is 8.93. The molecule has 34 heavy (non-hydrogen) atoms. The van der Waals surface area contributed by atoms with E-state index in [9.17, 15) is 19.2 Å². The fourth-order valence-corrected chi connectivity index (χ4v) is 6.27. The number of aldehydes is 1. The van der Waals surface area contributed by atoms with Crippen molar-refractivity contribution in [2.75, 3.05) is 11.5 Å². The van der Waals surface area contributed by atoms with Crippen LogP contribution in [0.25, 0.3) is 0 Å². The van der Waals surface area contributed by atoms with Crippen molar-refractivity contribution in [2.45, 2.75) is 18.3 Å². The van der Waals surface area contributed by atoms with Gasteiger partial charge in [0.2, 0.25) is 11.8 Å². The van der Waals surface area contributed by atoms with Crippen LogP contribution in [0.15, 0.2) is 72.8 Å². The van der Waals surface area contributed by atoms with Crippen LogP contribution in [0.4, 0.5) is 5.69 Å². The highest BCUT2D eigenvalue weighted by molar-refractivity contribution is 6.25. The minimum atomic E-state index is -1.24. The van der Waals surface area contributed by atoms with E-state index in [2.05, 4.69) is 0 Å². The van der Waals surface area contributed by atoms with E-state index in [0.717, 1.165) is 33.4 Å². The van der Waals surface area contributed by atoms with Crippen LogP contribution >= 0.6 is 0 Å². The molecule has 0 unspecified atom stereocenters. The van der Waals surface area contributed by atoms with Gasteiger partial charge >= 0.3 is 5.97 Å². The molecule has 1 aliphatic heterocycles. The number of benzene rings is 3. The van der Waals surface area contributed by atoms with Crippen molar-refractivity contribution in [3.05, 3.63) is 101 Å². The first-order valence-electron chi connectivity index (χ1n) is 11.3. The average Bonchev–Trinajstić information content (AvgIpc) is 3.15. The van der Waals surface area contributed by atoms with Crippen LogP contribution in [0.5, 0.6) is 0 Å². The highest BCUT2D eigenvalue weighted by Crippen LogP contribution is 2.63. The Labute approximate surface area is 196 Å². The van der Waals surface area contributed by atoms with Crippen molar-refractivity contribution in [3.63, 3.8) is 0 Å². The van der Waals surface area contributed by atoms with Crippen molar-refractivity contribution >= 4 is 29.8 Å². The van der Waals surface area contributed by atoms with E-state index in [1.165, 1.54) is 6.07 Å². The van der Waals surface area contributed by atoms with Crippen molar-refractivity contribution in [1.82, 2.24) is 0 Å². The minimum absolute atomic E-state index is 0.217. The smallest absolute Gasteiger partial charge is 0.338 e. The molecule has 3 aromatic rings. The number of hydrogen-bond acceptors (Lipinski definition) is 5. The molecule has 0 saturated carbocycles. The molecule has 1 saturated heterocycles. The highest BCUT2D eigenvalue weighted by atomic mass is 16.5. The van der Waals surface area contributed by atoms with Crippen LogP contribution in [-0.4, -0.2) is 30.7 Å². The summed E-state index contributed by atoms with van der Waals surface area (Å²) in [5.41, 5.74) is 2.73. The molecule has 0 aromatic heterocycles. The summed E-state index contributed by atoms with van der Waals surface area (Å²) in [6, 6.07) is 21.6. The summed E-state index contributed by atoms with van der Waals surface area (Å²) >= 11 is 0. The van der Waals surface area contributed by atoms with Gasteiger partial charge in [-0.1, -0.05) is 54.6 Å². The zero-order chi connectivity index (χ0) is 23.6. The van der Waals surface area contributed by atoms with E-state index < -0.39 is 29.1 Å². The number of carbonyl (C=O) groups is 4. The van der Waals surface area contributed by atoms with Gasteiger partial charge in [-0.25, -0.2) is 9.69 Å². The number of anilines is 1. The average molecular weight is 451 g/mol. The third-order valence-corrected chi connectivity index (χ3v) is 7.49. The van der Waals surface area contributed by atoms with E-state index in [1.54, 1.807) is 25.1 Å². The molecule has 1 fully saturated rings. The Balaban J connectivity index is 1.55. The second kappa shape index (κ2) is 7.22. The number of rotatable bonds is 4. The Morgan fingerprint density at radius 2 is 1.59 bits per heavy atom. The summed E-state index contributed by atoms with van der Waals surface area (Å²) in [6.45, 7) is 1.93. The molecule has 7 rings (SSSR count). The molecule has 168 valence electrons. The zero-order valence-electron chi connectivity index (χ0n) is 18.4. The molecule has 4 aliphatic rings. The van der Waals surface area contributed by atoms with Crippen LogP contribution < -0.4 is 4.90 Å². The predicted octanol–water partition coefficient (Wildman–Crippen LogP) is 3.61. The lowest BCUT2D eigenvalue weighted by molar-refractivity contribution is -0.128. The molecular weight excluding hydrogens is 430 g/mol. The van der Waals surface area contributed by atoms with Gasteiger partial charge in [-0.05, 0) is 47.4 Å². The number of hydrogen-bond donors (Lipinski definition) is 0. The number of carbonyl (C=O) groups excluding carboxylic acids is 4. The van der Waals surface area contributed by atoms with E-state index in [0.29, 0.717) is 5.69 Å². The van der Waals surface area contributed by atoms with E-state index in [1.807, 2.05) is 48.5 Å². The van der Waals surface area contributed by atoms with Gasteiger partial charge in [-0.15, -0.1) is 0 Å². The number of amides is 2. The molecular formula is C28H21NO5. The summed E-state index contributed by atoms with van der Waals surface area (Å²) in [6.07, 6.45) is 0.849. The fourth-order valence-electron chi connectivity index (χ4n) is 6.27. The van der Waals surface area contributed by atoms with Crippen molar-refractivity contribution in [2.24, 2.45) is 11.8 Å². The maximum atomic E-state index is 14.0. The summed E-state index contributed by atoms with van der Waals surface area (Å²) in [5.74, 6) is -3.17. The summed E-state index contributed by atoms with van der Waals surface area (Å²) < 4.78 is 5.08. The molecule has 0 spiro atoms. The quantitative estimate of drug-likeness (QED) is 0.344. The zero-order valence-corrected chi connectivity index (χ0v) is 18.4. The Bertz CT molecular complexity index is 1350. The summed E-state index contributed by atoms with van der Waals surface area (Å²) in [5, 5.41) is 0. The molecule has 6 nitrogen and oxygen atoms in total. The molecule has 2 atom stereocenters. The van der Waals surface area contributed by atoms with E-state index >= 15 is 0 Å². The van der Waals surface area contributed by atoms with Gasteiger partial charge in [0.15, 0.2) is 0 Å². The van der Waals surface area contributed by atoms with Gasteiger partial charge in [-0.2, -0.15) is 0 Å². The van der Waals surface area contributed by atoms with Crippen LogP contribution in [-0.2, 0) is 24.5 Å². The number of nitrogens with zero attached hydrogens (tertiary/aromatic N) is 1. The molecule has 2 bridgehead atoms. The van der Waals surface area contributed by atoms with E-state index in [-0.39, 0.29) is 24.0 Å². The monoisotopic (exact) mass is 451 g/mol. The van der Waals surface area contributed by atoms with Crippen molar-refractivity contribution in [3.8, 4) is 0 Å². The number of imide groups is 1. The minimum Gasteiger partial charge on any atom is -0.462 e. The molecule has 0 radical (unpaired) electrons. The topological polar surface area (TPSA) is 80.8 Å². The van der Waals surface area contributed by atoms with Gasteiger partial charge in [0, 0.05) is 5.92 Å². The standard InChI is InChI=1S/C28H21NO5/c1-2-34-27(33)16-8-7-9-17(14-16)29-25(31)23-22-18-10-3-5-12-20(18)28(15-30,24(23)26(29)32)21-13-6-4-11-19(21)22/h3-15,22-24H,2H2,1H3/t22?,23-,24-,28?/m0/s1. The maximum Gasteiger partial charge on any atom is 0.338 e. The fraction of sp³-hybridized carbons (Fsp3) is 0.214. The third-order valence-electron chi connectivity index (χ3n) is 7.49. The van der Waals surface area contributed by atoms with Crippen LogP contribution in [0.3, 0.4) is 0 Å². The third kappa shape index (κ3) is 2.40. The molecule has 3 aromatic carbocycles. The van der Waals surface area contributed by atoms with Gasteiger partial charge in [-0.3, -0.25) is 9.59 Å². The first-order chi connectivity index (χ1) is 16.5. The lowest BCUT2D eigenvalue weighted by Gasteiger charge is -2.51. The van der Waals surface area contributed by atoms with Gasteiger partial charge < -0.3 is 9.53 Å². The Hall–Kier alpha value is -4.06. The van der Waals surface area contributed by atoms with E-state index in [4.69, 9.17) is 4.74 Å². The normalized spacial score (nSPS) is 26.0. The number of ether oxygens (including phenoxy) is 1. The molecule has 2 amide bonds. The first-order valence-corrected chi connectivity index (χ1v) is 11.3. The maximum absolute atomic E-state index is 14.0. The van der Waals surface area contributed by atoms with Crippen molar-refractivity contribution in [1.29, 1.82) is 0 Å². The van der Waals surface area contributed by atoms with Crippen LogP contribution in [0, 0.1) is 11.8 Å². The lowest BCUT2D eigenvalue weighted by Crippen LogP contribution is -2.54. The molecule has 6 heteroatoms. The molecule has 0 N–H and O–H groups in total. The van der Waals surface area contributed by atoms with Crippen molar-refractivity contribution < 1.29 is 23.9 Å². The molecule has 3 aliphatic carbocycles. The highest BCUT2D eigenvalue weighted by Gasteiger charge is 2.68. The molecule has 1 heterocycles. The predicted molar refractivity (Wildman–Crippen MR) is 123 cm³/mol. The Kier molecular flexibility index (Phi) is 4.36. The van der Waals surface area contributed by atoms with Crippen LogP contribution in [0.1, 0.15) is 45.5 Å². The Morgan fingerprint density at radius 1 is 0.941 bits per heavy atom. The summed E-state index contributed by atoms with van der Waals surface area (Å²) in [7, 11) is 0. The van der Waals surface area contributed by atoms with Gasteiger partial charge in [0.1, 0.15) is 6.29 Å². The first kappa shape index (κ1) is 20.5. The Morgan fingerprint density at radius 3 is 2.21 bits per heavy atom. The largest absolute Gasteiger partial charge is 0.462 e. The SMILES string of the molecule is CCOC(=O)c1cccc(N2C(=O)[C@@H]3[C@@H](C2=O)C2c4ccccc4C3(C=O)c3ccccc32)c1. The summed E-state index contributed by atoms with van der Waals surface area (Å²) in [4.78, 5) is 54.3. The van der Waals surface area contributed by atoms with Gasteiger partial charge in [0.05, 0.1) is 35.1 Å². The van der Waals surface area contributed by atoms with Gasteiger partial charge in [0.25, 0.3) is 0 Å². The lowest BCUT2D eigenvalue weighted by atomic mass is 9.48. The number of esters is 1. The second-order valence-electron chi connectivity index (χ2n) is 8.93. The van der Waals surface area contributed by atoms with Crippen LogP contribution in [0.2, 0.25) is 0 Å².